The molecule has 1 heterocycles. The lowest BCUT2D eigenvalue weighted by Crippen LogP contribution is -2.22. The molecule has 0 unspecified atom stereocenters. The maximum Gasteiger partial charge on any atom is 0.263 e. The van der Waals surface area contributed by atoms with Crippen molar-refractivity contribution in [2.24, 2.45) is 0 Å². The van der Waals surface area contributed by atoms with Crippen molar-refractivity contribution in [3.05, 3.63) is 75.9 Å². The molecule has 3 rings (SSSR count). The van der Waals surface area contributed by atoms with E-state index in [1.54, 1.807) is 53.3 Å². The molecular weight excluding hydrogens is 401 g/mol. The zero-order chi connectivity index (χ0) is 20.1. The molecule has 0 atom stereocenters. The number of nitrogens with zero attached hydrogens (tertiary/aromatic N) is 2. The van der Waals surface area contributed by atoms with Crippen LogP contribution in [0.25, 0.3) is 0 Å². The van der Waals surface area contributed by atoms with Crippen LogP contribution in [0.15, 0.2) is 54.7 Å². The fraction of sp³-hybridized carbons (Fsp3) is 0.150. The minimum atomic E-state index is -0.354. The van der Waals surface area contributed by atoms with E-state index in [0.717, 1.165) is 5.56 Å². The number of amides is 1. The van der Waals surface area contributed by atoms with Gasteiger partial charge in [-0.1, -0.05) is 47.5 Å². The first-order chi connectivity index (χ1) is 13.4. The minimum absolute atomic E-state index is 0.0709. The molecule has 0 bridgehead atoms. The summed E-state index contributed by atoms with van der Waals surface area (Å²) >= 11 is 12.3. The van der Waals surface area contributed by atoms with Gasteiger partial charge in [-0.2, -0.15) is 5.10 Å². The maximum atomic E-state index is 12.2. The standard InChI is InChI=1S/C20H17Cl2N3O3/c1-13(26)14-4-2-6-16(10-14)28-12-19(27)24-18-8-9-23-25(18)11-15-5-3-7-17(21)20(15)22/h2-10H,11-12H2,1H3,(H,24,27). The number of halogens is 2. The molecule has 0 aliphatic heterocycles. The summed E-state index contributed by atoms with van der Waals surface area (Å²) in [6.07, 6.45) is 1.57. The van der Waals surface area contributed by atoms with Crippen LogP contribution >= 0.6 is 23.2 Å². The van der Waals surface area contributed by atoms with E-state index < -0.39 is 0 Å². The second-order valence-corrected chi connectivity index (χ2v) is 6.79. The van der Waals surface area contributed by atoms with E-state index in [0.29, 0.717) is 33.7 Å². The Hall–Kier alpha value is -2.83. The van der Waals surface area contributed by atoms with Crippen molar-refractivity contribution in [1.82, 2.24) is 9.78 Å². The number of ketones is 1. The number of carbonyl (C=O) groups excluding carboxylic acids is 2. The van der Waals surface area contributed by atoms with E-state index in [1.807, 2.05) is 6.07 Å². The van der Waals surface area contributed by atoms with Gasteiger partial charge in [-0.25, -0.2) is 4.68 Å². The summed E-state index contributed by atoms with van der Waals surface area (Å²) in [6.45, 7) is 1.62. The number of aromatic nitrogens is 2. The molecule has 1 amide bonds. The molecule has 0 saturated carbocycles. The van der Waals surface area contributed by atoms with Gasteiger partial charge in [0.2, 0.25) is 0 Å². The SMILES string of the molecule is CC(=O)c1cccc(OCC(=O)Nc2ccnn2Cc2cccc(Cl)c2Cl)c1. The van der Waals surface area contributed by atoms with E-state index in [1.165, 1.54) is 6.92 Å². The van der Waals surface area contributed by atoms with Gasteiger partial charge in [0.05, 0.1) is 22.8 Å². The highest BCUT2D eigenvalue weighted by Crippen LogP contribution is 2.26. The van der Waals surface area contributed by atoms with E-state index in [9.17, 15) is 9.59 Å². The Kier molecular flexibility index (Phi) is 6.34. The van der Waals surface area contributed by atoms with Crippen LogP contribution in [0.5, 0.6) is 5.75 Å². The van der Waals surface area contributed by atoms with Gasteiger partial charge in [-0.05, 0) is 30.7 Å². The number of hydrogen-bond donors (Lipinski definition) is 1. The Bertz CT molecular complexity index is 1020. The van der Waals surface area contributed by atoms with Gasteiger partial charge in [0.25, 0.3) is 5.91 Å². The average Bonchev–Trinajstić information content (AvgIpc) is 3.10. The number of carbonyl (C=O) groups is 2. The quantitative estimate of drug-likeness (QED) is 0.575. The van der Waals surface area contributed by atoms with Crippen molar-refractivity contribution in [3.8, 4) is 5.75 Å². The summed E-state index contributed by atoms with van der Waals surface area (Å²) in [4.78, 5) is 23.7. The van der Waals surface area contributed by atoms with Crippen molar-refractivity contribution >= 4 is 40.7 Å². The van der Waals surface area contributed by atoms with Crippen LogP contribution in [-0.4, -0.2) is 28.1 Å². The fourth-order valence-corrected chi connectivity index (χ4v) is 2.91. The number of rotatable bonds is 7. The van der Waals surface area contributed by atoms with Crippen LogP contribution < -0.4 is 10.1 Å². The topological polar surface area (TPSA) is 73.2 Å². The summed E-state index contributed by atoms with van der Waals surface area (Å²) in [5.41, 5.74) is 1.31. The second-order valence-electron chi connectivity index (χ2n) is 6.01. The normalized spacial score (nSPS) is 10.5. The molecular formula is C20H17Cl2N3O3. The number of hydrogen-bond acceptors (Lipinski definition) is 4. The summed E-state index contributed by atoms with van der Waals surface area (Å²) in [5, 5.41) is 7.86. The molecule has 0 radical (unpaired) electrons. The smallest absolute Gasteiger partial charge is 0.263 e. The van der Waals surface area contributed by atoms with Crippen molar-refractivity contribution in [1.29, 1.82) is 0 Å². The van der Waals surface area contributed by atoms with Crippen LogP contribution in [0.1, 0.15) is 22.8 Å². The zero-order valence-corrected chi connectivity index (χ0v) is 16.5. The summed E-state index contributed by atoms with van der Waals surface area (Å²) < 4.78 is 7.07. The molecule has 0 spiro atoms. The Morgan fingerprint density at radius 1 is 1.14 bits per heavy atom. The highest BCUT2D eigenvalue weighted by Gasteiger charge is 2.11. The maximum absolute atomic E-state index is 12.2. The number of benzene rings is 2. The van der Waals surface area contributed by atoms with E-state index in [4.69, 9.17) is 27.9 Å². The number of anilines is 1. The molecule has 0 saturated heterocycles. The molecule has 0 fully saturated rings. The van der Waals surface area contributed by atoms with E-state index in [-0.39, 0.29) is 18.3 Å². The first-order valence-corrected chi connectivity index (χ1v) is 9.18. The fourth-order valence-electron chi connectivity index (χ4n) is 2.53. The lowest BCUT2D eigenvalue weighted by Gasteiger charge is -2.11. The number of ether oxygens (including phenoxy) is 1. The molecule has 0 aliphatic rings. The first kappa shape index (κ1) is 19.9. The van der Waals surface area contributed by atoms with E-state index >= 15 is 0 Å². The van der Waals surface area contributed by atoms with Crippen LogP contribution in [-0.2, 0) is 11.3 Å². The predicted molar refractivity (Wildman–Crippen MR) is 108 cm³/mol. The minimum Gasteiger partial charge on any atom is -0.484 e. The molecule has 3 aromatic rings. The van der Waals surface area contributed by atoms with Crippen molar-refractivity contribution in [3.63, 3.8) is 0 Å². The highest BCUT2D eigenvalue weighted by atomic mass is 35.5. The number of Topliss-reactive ketones (excluding diaryl/α,β-unsaturated/α-hetero) is 1. The summed E-state index contributed by atoms with van der Waals surface area (Å²) in [5.74, 6) is 0.523. The first-order valence-electron chi connectivity index (χ1n) is 8.42. The predicted octanol–water partition coefficient (Wildman–Crippen LogP) is 4.46. The molecule has 0 aliphatic carbocycles. The Balaban J connectivity index is 1.62. The molecule has 144 valence electrons. The molecule has 6 nitrogen and oxygen atoms in total. The molecule has 8 heteroatoms. The monoisotopic (exact) mass is 417 g/mol. The summed E-state index contributed by atoms with van der Waals surface area (Å²) in [6, 6.07) is 13.7. The van der Waals surface area contributed by atoms with Gasteiger partial charge in [-0.15, -0.1) is 0 Å². The molecule has 2 aromatic carbocycles. The van der Waals surface area contributed by atoms with Gasteiger partial charge in [0, 0.05) is 11.6 Å². The molecule has 28 heavy (non-hydrogen) atoms. The Morgan fingerprint density at radius 2 is 1.93 bits per heavy atom. The third-order valence-corrected chi connectivity index (χ3v) is 4.80. The van der Waals surface area contributed by atoms with Gasteiger partial charge in [0.1, 0.15) is 11.6 Å². The van der Waals surface area contributed by atoms with Gasteiger partial charge in [0.15, 0.2) is 12.4 Å². The van der Waals surface area contributed by atoms with Crippen LogP contribution in [0.3, 0.4) is 0 Å². The van der Waals surface area contributed by atoms with Crippen LogP contribution in [0.4, 0.5) is 5.82 Å². The van der Waals surface area contributed by atoms with Gasteiger partial charge in [-0.3, -0.25) is 9.59 Å². The second kappa shape index (κ2) is 8.91. The van der Waals surface area contributed by atoms with Crippen molar-refractivity contribution in [2.75, 3.05) is 11.9 Å². The van der Waals surface area contributed by atoms with Crippen LogP contribution in [0, 0.1) is 0 Å². The van der Waals surface area contributed by atoms with Gasteiger partial charge < -0.3 is 10.1 Å². The molecule has 1 N–H and O–H groups in total. The van der Waals surface area contributed by atoms with Crippen LogP contribution in [0.2, 0.25) is 10.0 Å². The summed E-state index contributed by atoms with van der Waals surface area (Å²) in [7, 11) is 0. The Morgan fingerprint density at radius 3 is 2.71 bits per heavy atom. The van der Waals surface area contributed by atoms with Gasteiger partial charge >= 0.3 is 0 Å². The van der Waals surface area contributed by atoms with Crippen molar-refractivity contribution in [2.45, 2.75) is 13.5 Å². The lowest BCUT2D eigenvalue weighted by molar-refractivity contribution is -0.118. The third kappa shape index (κ3) is 4.91. The van der Waals surface area contributed by atoms with Crippen molar-refractivity contribution < 1.29 is 14.3 Å². The zero-order valence-electron chi connectivity index (χ0n) is 15.0. The lowest BCUT2D eigenvalue weighted by atomic mass is 10.1. The van der Waals surface area contributed by atoms with E-state index in [2.05, 4.69) is 10.4 Å². The number of nitrogens with one attached hydrogen (secondary N) is 1. The third-order valence-electron chi connectivity index (χ3n) is 3.95. The highest BCUT2D eigenvalue weighted by molar-refractivity contribution is 6.42. The Labute approximate surface area is 172 Å². The largest absolute Gasteiger partial charge is 0.484 e. The average molecular weight is 418 g/mol. The molecule has 1 aromatic heterocycles.